The monoisotopic (exact) mass is 370 g/mol. The van der Waals surface area contributed by atoms with E-state index in [0.717, 1.165) is 11.1 Å². The Morgan fingerprint density at radius 3 is 1.86 bits per heavy atom. The Hall–Kier alpha value is -3.17. The van der Waals surface area contributed by atoms with E-state index in [2.05, 4.69) is 41.8 Å². The van der Waals surface area contributed by atoms with Crippen molar-refractivity contribution in [3.63, 3.8) is 0 Å². The molecule has 0 bridgehead atoms. The first-order valence-corrected chi connectivity index (χ1v) is 9.51. The van der Waals surface area contributed by atoms with Gasteiger partial charge in [0.05, 0.1) is 5.54 Å². The van der Waals surface area contributed by atoms with Crippen LogP contribution in [0.3, 0.4) is 0 Å². The van der Waals surface area contributed by atoms with Gasteiger partial charge in [-0.1, -0.05) is 97.1 Å². The first-order valence-electron chi connectivity index (χ1n) is 9.51. The number of amides is 1. The Kier molecular flexibility index (Phi) is 6.77. The molecule has 0 spiro atoms. The molecule has 1 atom stereocenters. The van der Waals surface area contributed by atoms with Gasteiger partial charge in [0.1, 0.15) is 0 Å². The maximum Gasteiger partial charge on any atom is 0.244 e. The van der Waals surface area contributed by atoms with Gasteiger partial charge in [-0.3, -0.25) is 4.79 Å². The summed E-state index contributed by atoms with van der Waals surface area (Å²) in [6, 6.07) is 30.3. The highest BCUT2D eigenvalue weighted by Crippen LogP contribution is 2.23. The van der Waals surface area contributed by atoms with E-state index >= 15 is 0 Å². The number of carbonyl (C=O) groups excluding carboxylic acids is 1. The van der Waals surface area contributed by atoms with Crippen molar-refractivity contribution in [2.75, 3.05) is 0 Å². The van der Waals surface area contributed by atoms with Crippen LogP contribution in [0, 0.1) is 0 Å². The molecule has 0 aliphatic heterocycles. The second-order valence-corrected chi connectivity index (χ2v) is 6.94. The van der Waals surface area contributed by atoms with Crippen LogP contribution in [-0.2, 0) is 23.4 Å². The smallest absolute Gasteiger partial charge is 0.244 e. The lowest BCUT2D eigenvalue weighted by Crippen LogP contribution is -2.37. The third-order valence-electron chi connectivity index (χ3n) is 4.75. The zero-order valence-electron chi connectivity index (χ0n) is 16.1. The number of rotatable bonds is 8. The lowest BCUT2D eigenvalue weighted by atomic mass is 9.91. The molecule has 0 aliphatic rings. The minimum absolute atomic E-state index is 0.104. The summed E-state index contributed by atoms with van der Waals surface area (Å²) >= 11 is 0. The van der Waals surface area contributed by atoms with E-state index in [-0.39, 0.29) is 5.91 Å². The van der Waals surface area contributed by atoms with Crippen molar-refractivity contribution in [3.05, 3.63) is 120 Å². The fraction of sp³-hybridized carbons (Fsp3) is 0.160. The van der Waals surface area contributed by atoms with Crippen LogP contribution in [0.5, 0.6) is 0 Å². The zero-order valence-corrected chi connectivity index (χ0v) is 16.1. The molecular formula is C25H26N2O. The predicted molar refractivity (Wildman–Crippen MR) is 115 cm³/mol. The molecule has 0 saturated heterocycles. The molecule has 0 fully saturated rings. The Bertz CT molecular complexity index is 892. The molecule has 0 aromatic heterocycles. The van der Waals surface area contributed by atoms with Gasteiger partial charge in [0.25, 0.3) is 0 Å². The summed E-state index contributed by atoms with van der Waals surface area (Å²) in [4.78, 5) is 12.3. The van der Waals surface area contributed by atoms with Crippen LogP contribution in [0.15, 0.2) is 103 Å². The topological polar surface area (TPSA) is 41.1 Å². The molecule has 0 saturated carbocycles. The number of carbonyl (C=O) groups is 1. The van der Waals surface area contributed by atoms with E-state index < -0.39 is 5.54 Å². The number of nitrogens with one attached hydrogen (secondary N) is 2. The third-order valence-corrected chi connectivity index (χ3v) is 4.75. The lowest BCUT2D eigenvalue weighted by Gasteiger charge is -2.28. The van der Waals surface area contributed by atoms with E-state index in [1.54, 1.807) is 6.08 Å². The van der Waals surface area contributed by atoms with Crippen LogP contribution >= 0.6 is 0 Å². The van der Waals surface area contributed by atoms with Gasteiger partial charge in [0.15, 0.2) is 0 Å². The highest BCUT2D eigenvalue weighted by atomic mass is 16.1. The van der Waals surface area contributed by atoms with E-state index in [0.29, 0.717) is 13.1 Å². The fourth-order valence-corrected chi connectivity index (χ4v) is 3.01. The van der Waals surface area contributed by atoms with Crippen LogP contribution in [-0.4, -0.2) is 5.91 Å². The Balaban J connectivity index is 1.69. The van der Waals surface area contributed by atoms with Crippen molar-refractivity contribution in [1.82, 2.24) is 10.6 Å². The summed E-state index contributed by atoms with van der Waals surface area (Å²) in [5.74, 6) is -0.104. The minimum atomic E-state index is -0.457. The highest BCUT2D eigenvalue weighted by Gasteiger charge is 2.22. The molecule has 2 N–H and O–H groups in total. The van der Waals surface area contributed by atoms with Gasteiger partial charge in [-0.05, 0) is 23.6 Å². The molecule has 1 unspecified atom stereocenters. The van der Waals surface area contributed by atoms with Gasteiger partial charge < -0.3 is 10.6 Å². The van der Waals surface area contributed by atoms with Gasteiger partial charge in [-0.15, -0.1) is 0 Å². The van der Waals surface area contributed by atoms with Crippen molar-refractivity contribution >= 4 is 5.91 Å². The summed E-state index contributed by atoms with van der Waals surface area (Å²) in [6.45, 7) is 3.32. The molecule has 0 radical (unpaired) electrons. The standard InChI is InChI=1S/C25H26N2O/c1-25(23-15-9-4-10-16-23,27-20-22-13-7-3-8-14-22)18-17-24(28)26-19-21-11-5-2-6-12-21/h2-18,27H,19-20H2,1H3,(H,26,28)/b18-17+. The van der Waals surface area contributed by atoms with Gasteiger partial charge in [0, 0.05) is 19.2 Å². The van der Waals surface area contributed by atoms with E-state index in [1.165, 1.54) is 5.56 Å². The van der Waals surface area contributed by atoms with E-state index in [4.69, 9.17) is 0 Å². The molecular weight excluding hydrogens is 344 g/mol. The summed E-state index contributed by atoms with van der Waals surface area (Å²) in [5.41, 5.74) is 2.93. The quantitative estimate of drug-likeness (QED) is 0.571. The van der Waals surface area contributed by atoms with Gasteiger partial charge in [0.2, 0.25) is 5.91 Å². The summed E-state index contributed by atoms with van der Waals surface area (Å²) in [7, 11) is 0. The van der Waals surface area contributed by atoms with Gasteiger partial charge in [-0.2, -0.15) is 0 Å². The maximum absolute atomic E-state index is 12.3. The van der Waals surface area contributed by atoms with Crippen LogP contribution < -0.4 is 10.6 Å². The van der Waals surface area contributed by atoms with Crippen molar-refractivity contribution in [3.8, 4) is 0 Å². The van der Waals surface area contributed by atoms with E-state index in [1.807, 2.05) is 72.8 Å². The fourth-order valence-electron chi connectivity index (χ4n) is 3.01. The molecule has 3 aromatic rings. The first-order chi connectivity index (χ1) is 13.7. The third kappa shape index (κ3) is 5.66. The SMILES string of the molecule is CC(/C=C/C(=O)NCc1ccccc1)(NCc1ccccc1)c1ccccc1. The van der Waals surface area contributed by atoms with Crippen LogP contribution in [0.4, 0.5) is 0 Å². The van der Waals surface area contributed by atoms with Crippen molar-refractivity contribution in [2.24, 2.45) is 0 Å². The minimum Gasteiger partial charge on any atom is -0.348 e. The van der Waals surface area contributed by atoms with Crippen molar-refractivity contribution in [2.45, 2.75) is 25.6 Å². The van der Waals surface area contributed by atoms with Crippen molar-refractivity contribution < 1.29 is 4.79 Å². The molecule has 142 valence electrons. The Morgan fingerprint density at radius 1 is 0.786 bits per heavy atom. The second kappa shape index (κ2) is 9.67. The zero-order chi connectivity index (χ0) is 19.7. The van der Waals surface area contributed by atoms with Crippen LogP contribution in [0.1, 0.15) is 23.6 Å². The molecule has 3 heteroatoms. The Morgan fingerprint density at radius 2 is 1.29 bits per heavy atom. The maximum atomic E-state index is 12.3. The molecule has 1 amide bonds. The van der Waals surface area contributed by atoms with Gasteiger partial charge >= 0.3 is 0 Å². The summed E-state index contributed by atoms with van der Waals surface area (Å²) in [6.07, 6.45) is 3.56. The Labute approximate surface area is 167 Å². The molecule has 3 nitrogen and oxygen atoms in total. The summed E-state index contributed by atoms with van der Waals surface area (Å²) in [5, 5.41) is 6.53. The molecule has 28 heavy (non-hydrogen) atoms. The average Bonchev–Trinajstić information content (AvgIpc) is 2.77. The first kappa shape index (κ1) is 19.6. The van der Waals surface area contributed by atoms with Crippen LogP contribution in [0.2, 0.25) is 0 Å². The second-order valence-electron chi connectivity index (χ2n) is 6.94. The highest BCUT2D eigenvalue weighted by molar-refractivity contribution is 5.87. The lowest BCUT2D eigenvalue weighted by molar-refractivity contribution is -0.116. The normalized spacial score (nSPS) is 13.2. The number of hydrogen-bond acceptors (Lipinski definition) is 2. The molecule has 3 rings (SSSR count). The molecule has 3 aromatic carbocycles. The average molecular weight is 370 g/mol. The van der Waals surface area contributed by atoms with E-state index in [9.17, 15) is 4.79 Å². The van der Waals surface area contributed by atoms with Crippen LogP contribution in [0.25, 0.3) is 0 Å². The van der Waals surface area contributed by atoms with Crippen molar-refractivity contribution in [1.29, 1.82) is 0 Å². The number of benzene rings is 3. The summed E-state index contributed by atoms with van der Waals surface area (Å²) < 4.78 is 0. The molecule has 0 aliphatic carbocycles. The van der Waals surface area contributed by atoms with Gasteiger partial charge in [-0.25, -0.2) is 0 Å². The molecule has 0 heterocycles. The number of hydrogen-bond donors (Lipinski definition) is 2. The largest absolute Gasteiger partial charge is 0.348 e. The predicted octanol–water partition coefficient (Wildman–Crippen LogP) is 4.56.